The Morgan fingerprint density at radius 2 is 1.84 bits per heavy atom. The van der Waals surface area contributed by atoms with Gasteiger partial charge in [0.05, 0.1) is 11.1 Å². The van der Waals surface area contributed by atoms with E-state index in [-0.39, 0.29) is 23.2 Å². The van der Waals surface area contributed by atoms with E-state index in [1.165, 1.54) is 24.3 Å². The summed E-state index contributed by atoms with van der Waals surface area (Å²) in [4.78, 5) is 14.9. The standard InChI is InChI=1S/C25H19F2NO3/c26-18-6-4-16(5-7-18)10-11-28-14-21-22(30-15-28)9-8-20-24(29)23(31-25(20)21)13-17-2-1-3-19(27)12-17/h1-9,12-13H,10-11,14-15H2/b23-13-. The number of Topliss-reactive ketones (excluding diaryl/α,β-unsaturated/α-hetero) is 1. The average molecular weight is 419 g/mol. The molecule has 0 aliphatic carbocycles. The van der Waals surface area contributed by atoms with Crippen molar-refractivity contribution in [3.05, 3.63) is 100 Å². The molecule has 2 aliphatic rings. The quantitative estimate of drug-likeness (QED) is 0.560. The van der Waals surface area contributed by atoms with Gasteiger partial charge < -0.3 is 9.47 Å². The molecule has 0 N–H and O–H groups in total. The molecule has 2 aliphatic heterocycles. The molecular weight excluding hydrogens is 400 g/mol. The minimum atomic E-state index is -0.375. The number of hydrogen-bond acceptors (Lipinski definition) is 4. The number of carbonyl (C=O) groups is 1. The van der Waals surface area contributed by atoms with Crippen LogP contribution in [0.25, 0.3) is 6.08 Å². The first-order valence-electron chi connectivity index (χ1n) is 10.0. The highest BCUT2D eigenvalue weighted by molar-refractivity contribution is 6.15. The number of ether oxygens (including phenoxy) is 2. The predicted molar refractivity (Wildman–Crippen MR) is 112 cm³/mol. The molecular formula is C25H19F2NO3. The zero-order valence-electron chi connectivity index (χ0n) is 16.6. The second kappa shape index (κ2) is 7.96. The zero-order chi connectivity index (χ0) is 21.4. The average Bonchev–Trinajstić information content (AvgIpc) is 3.09. The molecule has 0 atom stereocenters. The molecule has 0 amide bonds. The SMILES string of the molecule is O=C1/C(=C/c2cccc(F)c2)Oc2c1ccc1c2CN(CCc2ccc(F)cc2)CO1. The van der Waals surface area contributed by atoms with Crippen molar-refractivity contribution in [1.82, 2.24) is 4.90 Å². The smallest absolute Gasteiger partial charge is 0.231 e. The highest BCUT2D eigenvalue weighted by atomic mass is 19.1. The Labute approximate surface area is 178 Å². The number of halogens is 2. The van der Waals surface area contributed by atoms with E-state index in [2.05, 4.69) is 4.90 Å². The molecule has 0 saturated carbocycles. The Balaban J connectivity index is 1.36. The van der Waals surface area contributed by atoms with Crippen molar-refractivity contribution in [2.24, 2.45) is 0 Å². The van der Waals surface area contributed by atoms with E-state index >= 15 is 0 Å². The molecule has 0 aromatic heterocycles. The van der Waals surface area contributed by atoms with Crippen LogP contribution < -0.4 is 9.47 Å². The maximum absolute atomic E-state index is 13.5. The van der Waals surface area contributed by atoms with Crippen LogP contribution in [0.1, 0.15) is 27.0 Å². The summed E-state index contributed by atoms with van der Waals surface area (Å²) >= 11 is 0. The van der Waals surface area contributed by atoms with Crippen LogP contribution in [0.4, 0.5) is 8.78 Å². The van der Waals surface area contributed by atoms with Crippen molar-refractivity contribution >= 4 is 11.9 Å². The first kappa shape index (κ1) is 19.5. The lowest BCUT2D eigenvalue weighted by atomic mass is 10.0. The van der Waals surface area contributed by atoms with Crippen LogP contribution in [0.5, 0.6) is 11.5 Å². The molecule has 0 spiro atoms. The van der Waals surface area contributed by atoms with Gasteiger partial charge in [-0.15, -0.1) is 0 Å². The first-order chi connectivity index (χ1) is 15.1. The molecule has 0 fully saturated rings. The van der Waals surface area contributed by atoms with E-state index in [9.17, 15) is 13.6 Å². The Kier molecular flexibility index (Phi) is 5.00. The highest BCUT2D eigenvalue weighted by Crippen LogP contribution is 2.42. The number of benzene rings is 3. The molecule has 2 heterocycles. The molecule has 3 aromatic carbocycles. The van der Waals surface area contributed by atoms with E-state index in [0.717, 1.165) is 17.5 Å². The molecule has 3 aromatic rings. The monoisotopic (exact) mass is 419 g/mol. The number of fused-ring (bicyclic) bond motifs is 3. The molecule has 0 bridgehead atoms. The number of ketones is 1. The van der Waals surface area contributed by atoms with Gasteiger partial charge >= 0.3 is 0 Å². The fourth-order valence-electron chi connectivity index (χ4n) is 3.83. The predicted octanol–water partition coefficient (Wildman–Crippen LogP) is 4.98. The Morgan fingerprint density at radius 1 is 1.00 bits per heavy atom. The van der Waals surface area contributed by atoms with Gasteiger partial charge in [0.15, 0.2) is 5.76 Å². The van der Waals surface area contributed by atoms with E-state index in [1.807, 2.05) is 0 Å². The van der Waals surface area contributed by atoms with Crippen molar-refractivity contribution in [2.75, 3.05) is 13.3 Å². The van der Waals surface area contributed by atoms with Gasteiger partial charge in [0.25, 0.3) is 0 Å². The minimum absolute atomic E-state index is 0.164. The number of hydrogen-bond donors (Lipinski definition) is 0. The molecule has 156 valence electrons. The van der Waals surface area contributed by atoms with E-state index in [1.54, 1.807) is 42.5 Å². The highest BCUT2D eigenvalue weighted by Gasteiger charge is 2.33. The van der Waals surface area contributed by atoms with Gasteiger partial charge in [-0.1, -0.05) is 24.3 Å². The van der Waals surface area contributed by atoms with Crippen molar-refractivity contribution in [3.63, 3.8) is 0 Å². The van der Waals surface area contributed by atoms with Crippen molar-refractivity contribution in [2.45, 2.75) is 13.0 Å². The van der Waals surface area contributed by atoms with Gasteiger partial charge in [0, 0.05) is 13.1 Å². The molecule has 0 saturated heterocycles. The second-order valence-corrected chi connectivity index (χ2v) is 7.62. The zero-order valence-corrected chi connectivity index (χ0v) is 16.6. The summed E-state index contributed by atoms with van der Waals surface area (Å²) in [6.07, 6.45) is 2.30. The Bertz CT molecular complexity index is 1190. The normalized spacial score (nSPS) is 16.6. The second-order valence-electron chi connectivity index (χ2n) is 7.62. The summed E-state index contributed by atoms with van der Waals surface area (Å²) in [6, 6.07) is 16.0. The summed E-state index contributed by atoms with van der Waals surface area (Å²) in [5.74, 6) is 0.495. The van der Waals surface area contributed by atoms with E-state index < -0.39 is 0 Å². The van der Waals surface area contributed by atoms with Crippen LogP contribution in [0, 0.1) is 11.6 Å². The van der Waals surface area contributed by atoms with Crippen LogP contribution in [0.3, 0.4) is 0 Å². The molecule has 0 radical (unpaired) electrons. The number of rotatable bonds is 4. The molecule has 5 rings (SSSR count). The fourth-order valence-corrected chi connectivity index (χ4v) is 3.83. The lowest BCUT2D eigenvalue weighted by Gasteiger charge is -2.29. The fraction of sp³-hybridized carbons (Fsp3) is 0.160. The largest absolute Gasteiger partial charge is 0.478 e. The van der Waals surface area contributed by atoms with Gasteiger partial charge in [-0.3, -0.25) is 9.69 Å². The summed E-state index contributed by atoms with van der Waals surface area (Å²) in [5, 5.41) is 0. The summed E-state index contributed by atoms with van der Waals surface area (Å²) in [6.45, 7) is 1.71. The molecule has 31 heavy (non-hydrogen) atoms. The van der Waals surface area contributed by atoms with Gasteiger partial charge in [-0.2, -0.15) is 0 Å². The first-order valence-corrected chi connectivity index (χ1v) is 10.0. The van der Waals surface area contributed by atoms with Crippen molar-refractivity contribution in [3.8, 4) is 11.5 Å². The summed E-state index contributed by atoms with van der Waals surface area (Å²) < 4.78 is 38.4. The number of nitrogens with zero attached hydrogens (tertiary/aromatic N) is 1. The molecule has 0 unspecified atom stereocenters. The van der Waals surface area contributed by atoms with Gasteiger partial charge in [-0.05, 0) is 60.0 Å². The van der Waals surface area contributed by atoms with Crippen LogP contribution in [-0.4, -0.2) is 24.0 Å². The van der Waals surface area contributed by atoms with Crippen molar-refractivity contribution in [1.29, 1.82) is 0 Å². The van der Waals surface area contributed by atoms with Gasteiger partial charge in [0.1, 0.15) is 29.9 Å². The van der Waals surface area contributed by atoms with E-state index in [4.69, 9.17) is 9.47 Å². The molecule has 4 nitrogen and oxygen atoms in total. The van der Waals surface area contributed by atoms with Crippen LogP contribution in [-0.2, 0) is 13.0 Å². The lowest BCUT2D eigenvalue weighted by Crippen LogP contribution is -2.33. The van der Waals surface area contributed by atoms with Crippen LogP contribution in [0.15, 0.2) is 66.4 Å². The van der Waals surface area contributed by atoms with Crippen LogP contribution >= 0.6 is 0 Å². The lowest BCUT2D eigenvalue weighted by molar-refractivity contribution is 0.0949. The topological polar surface area (TPSA) is 38.8 Å². The van der Waals surface area contributed by atoms with E-state index in [0.29, 0.717) is 42.4 Å². The summed E-state index contributed by atoms with van der Waals surface area (Å²) in [7, 11) is 0. The van der Waals surface area contributed by atoms with Gasteiger partial charge in [0.2, 0.25) is 5.78 Å². The van der Waals surface area contributed by atoms with Crippen LogP contribution in [0.2, 0.25) is 0 Å². The third-order valence-corrected chi connectivity index (χ3v) is 5.46. The minimum Gasteiger partial charge on any atom is -0.478 e. The third kappa shape index (κ3) is 3.94. The number of carbonyl (C=O) groups excluding carboxylic acids is 1. The Hall–Kier alpha value is -3.51. The van der Waals surface area contributed by atoms with Crippen molar-refractivity contribution < 1.29 is 23.0 Å². The summed E-state index contributed by atoms with van der Waals surface area (Å²) in [5.41, 5.74) is 2.89. The Morgan fingerprint density at radius 3 is 2.65 bits per heavy atom. The third-order valence-electron chi connectivity index (χ3n) is 5.46. The number of allylic oxidation sites excluding steroid dienone is 1. The maximum Gasteiger partial charge on any atom is 0.231 e. The molecule has 6 heteroatoms. The maximum atomic E-state index is 13.5. The van der Waals surface area contributed by atoms with Gasteiger partial charge in [-0.25, -0.2) is 8.78 Å².